The number of anilines is 1. The maximum atomic E-state index is 12.6. The second kappa shape index (κ2) is 6.19. The molecule has 9 heteroatoms. The van der Waals surface area contributed by atoms with E-state index in [1.54, 1.807) is 32.2 Å². The third-order valence-electron chi connectivity index (χ3n) is 3.29. The molecule has 0 amide bonds. The molecule has 0 spiro atoms. The Morgan fingerprint density at radius 2 is 1.96 bits per heavy atom. The molecule has 0 unspecified atom stereocenters. The predicted octanol–water partition coefficient (Wildman–Crippen LogP) is 3.71. The van der Waals surface area contributed by atoms with Crippen LogP contribution in [0.25, 0.3) is 5.82 Å². The van der Waals surface area contributed by atoms with Crippen LogP contribution in [0.4, 0.5) is 5.82 Å². The molecule has 0 fully saturated rings. The Hall–Kier alpha value is -1.90. The first-order valence-electron chi connectivity index (χ1n) is 7.05. The molecular formula is C15H15ClN4O2S2. The first-order chi connectivity index (χ1) is 11.3. The minimum atomic E-state index is -3.75. The smallest absolute Gasteiger partial charge is 0.263 e. The maximum absolute atomic E-state index is 12.6. The molecule has 0 aliphatic rings. The Balaban J connectivity index is 2.02. The van der Waals surface area contributed by atoms with Crippen LogP contribution in [0.1, 0.15) is 16.8 Å². The van der Waals surface area contributed by atoms with Crippen LogP contribution >= 0.6 is 22.9 Å². The lowest BCUT2D eigenvalue weighted by Gasteiger charge is -2.09. The van der Waals surface area contributed by atoms with Crippen molar-refractivity contribution >= 4 is 38.8 Å². The highest BCUT2D eigenvalue weighted by atomic mass is 35.5. The van der Waals surface area contributed by atoms with Gasteiger partial charge < -0.3 is 0 Å². The highest BCUT2D eigenvalue weighted by Gasteiger charge is 2.21. The number of aromatic nitrogens is 3. The zero-order valence-corrected chi connectivity index (χ0v) is 15.6. The summed E-state index contributed by atoms with van der Waals surface area (Å²) in [5.74, 6) is 0.869. The van der Waals surface area contributed by atoms with E-state index in [1.807, 2.05) is 19.1 Å². The molecule has 3 rings (SSSR count). The fourth-order valence-electron chi connectivity index (χ4n) is 2.14. The van der Waals surface area contributed by atoms with E-state index in [0.717, 1.165) is 22.5 Å². The monoisotopic (exact) mass is 382 g/mol. The summed E-state index contributed by atoms with van der Waals surface area (Å²) in [5.41, 5.74) is 2.41. The number of hydrogen-bond acceptors (Lipinski definition) is 5. The number of nitrogens with one attached hydrogen (secondary N) is 1. The summed E-state index contributed by atoms with van der Waals surface area (Å²) in [6.45, 7) is 5.49. The minimum absolute atomic E-state index is 0.160. The largest absolute Gasteiger partial charge is 0.272 e. The van der Waals surface area contributed by atoms with Crippen molar-refractivity contribution in [1.82, 2.24) is 14.8 Å². The van der Waals surface area contributed by atoms with Crippen LogP contribution in [0.15, 0.2) is 34.7 Å². The molecule has 0 aliphatic heterocycles. The second-order valence-electron chi connectivity index (χ2n) is 5.40. The Labute approximate surface area is 149 Å². The van der Waals surface area contributed by atoms with Crippen LogP contribution in [-0.2, 0) is 10.0 Å². The molecule has 0 aromatic carbocycles. The molecule has 6 nitrogen and oxygen atoms in total. The molecule has 0 atom stereocenters. The van der Waals surface area contributed by atoms with Crippen LogP contribution in [0.2, 0.25) is 4.34 Å². The first-order valence-corrected chi connectivity index (χ1v) is 9.72. The van der Waals surface area contributed by atoms with Crippen molar-refractivity contribution in [1.29, 1.82) is 0 Å². The summed E-state index contributed by atoms with van der Waals surface area (Å²) in [7, 11) is -3.75. The second-order valence-corrected chi connectivity index (χ2v) is 8.97. The summed E-state index contributed by atoms with van der Waals surface area (Å²) >= 11 is 7.01. The first kappa shape index (κ1) is 16.9. The SMILES string of the molecule is Cc1ccnc(-n2nc(C)cc2NS(=O)(=O)c2cc(C)c(Cl)s2)c1. The van der Waals surface area contributed by atoms with E-state index in [0.29, 0.717) is 21.7 Å². The molecule has 3 aromatic rings. The van der Waals surface area contributed by atoms with Crippen LogP contribution in [-0.4, -0.2) is 23.2 Å². The van der Waals surface area contributed by atoms with Crippen molar-refractivity contribution in [2.75, 3.05) is 4.72 Å². The van der Waals surface area contributed by atoms with E-state index in [2.05, 4.69) is 14.8 Å². The van der Waals surface area contributed by atoms with Crippen molar-refractivity contribution in [2.24, 2.45) is 0 Å². The fourth-order valence-corrected chi connectivity index (χ4v) is 4.88. The van der Waals surface area contributed by atoms with Crippen LogP contribution < -0.4 is 4.72 Å². The standard InChI is InChI=1S/C15H15ClN4O2S2/c1-9-4-5-17-12(6-9)20-13(8-11(3)18-20)19-24(21,22)14-7-10(2)15(16)23-14/h4-8,19H,1-3H3. The van der Waals surface area contributed by atoms with E-state index in [1.165, 1.54) is 4.68 Å². The third kappa shape index (κ3) is 3.31. The van der Waals surface area contributed by atoms with Gasteiger partial charge in [0.2, 0.25) is 0 Å². The van der Waals surface area contributed by atoms with Gasteiger partial charge in [-0.15, -0.1) is 11.3 Å². The summed E-state index contributed by atoms with van der Waals surface area (Å²) < 4.78 is 29.9. The zero-order valence-electron chi connectivity index (χ0n) is 13.2. The minimum Gasteiger partial charge on any atom is -0.263 e. The Morgan fingerprint density at radius 3 is 2.58 bits per heavy atom. The van der Waals surface area contributed by atoms with Gasteiger partial charge in [0, 0.05) is 12.3 Å². The number of pyridine rings is 1. The summed E-state index contributed by atoms with van der Waals surface area (Å²) in [6.07, 6.45) is 1.66. The number of rotatable bonds is 4. The molecule has 0 saturated carbocycles. The third-order valence-corrected chi connectivity index (χ3v) is 6.67. The van der Waals surface area contributed by atoms with Gasteiger partial charge in [0.25, 0.3) is 10.0 Å². The van der Waals surface area contributed by atoms with E-state index in [-0.39, 0.29) is 4.21 Å². The van der Waals surface area contributed by atoms with Crippen molar-refractivity contribution in [3.63, 3.8) is 0 Å². The number of nitrogens with zero attached hydrogens (tertiary/aromatic N) is 3. The Kier molecular flexibility index (Phi) is 4.37. The molecular weight excluding hydrogens is 368 g/mol. The Morgan fingerprint density at radius 1 is 1.21 bits per heavy atom. The topological polar surface area (TPSA) is 76.9 Å². The predicted molar refractivity (Wildman–Crippen MR) is 95.7 cm³/mol. The van der Waals surface area contributed by atoms with Gasteiger partial charge in [-0.25, -0.2) is 13.4 Å². The van der Waals surface area contributed by atoms with Gasteiger partial charge in [-0.1, -0.05) is 11.6 Å². The van der Waals surface area contributed by atoms with Crippen molar-refractivity contribution in [3.05, 3.63) is 51.6 Å². The lowest BCUT2D eigenvalue weighted by molar-refractivity contribution is 0.602. The molecule has 0 radical (unpaired) electrons. The Bertz CT molecular complexity index is 989. The zero-order chi connectivity index (χ0) is 17.5. The van der Waals surface area contributed by atoms with Crippen LogP contribution in [0, 0.1) is 20.8 Å². The van der Waals surface area contributed by atoms with Gasteiger partial charge in [0.15, 0.2) is 5.82 Å². The normalized spacial score (nSPS) is 11.7. The molecule has 3 aromatic heterocycles. The highest BCUT2D eigenvalue weighted by molar-refractivity contribution is 7.94. The van der Waals surface area contributed by atoms with E-state index in [4.69, 9.17) is 11.6 Å². The lowest BCUT2D eigenvalue weighted by Crippen LogP contribution is -2.15. The molecule has 0 aliphatic carbocycles. The van der Waals surface area contributed by atoms with Gasteiger partial charge >= 0.3 is 0 Å². The van der Waals surface area contributed by atoms with Crippen molar-refractivity contribution < 1.29 is 8.42 Å². The van der Waals surface area contributed by atoms with Gasteiger partial charge in [-0.3, -0.25) is 4.72 Å². The lowest BCUT2D eigenvalue weighted by atomic mass is 10.3. The van der Waals surface area contributed by atoms with Gasteiger partial charge in [0.1, 0.15) is 10.0 Å². The van der Waals surface area contributed by atoms with Gasteiger partial charge in [0.05, 0.1) is 10.0 Å². The van der Waals surface area contributed by atoms with E-state index < -0.39 is 10.0 Å². The number of thiophene rings is 1. The molecule has 24 heavy (non-hydrogen) atoms. The summed E-state index contributed by atoms with van der Waals surface area (Å²) in [4.78, 5) is 4.25. The fraction of sp³-hybridized carbons (Fsp3) is 0.200. The number of halogens is 1. The molecule has 126 valence electrons. The van der Waals surface area contributed by atoms with Gasteiger partial charge in [-0.05, 0) is 50.1 Å². The highest BCUT2D eigenvalue weighted by Crippen LogP contribution is 2.31. The van der Waals surface area contributed by atoms with Gasteiger partial charge in [-0.2, -0.15) is 9.78 Å². The maximum Gasteiger partial charge on any atom is 0.272 e. The summed E-state index contributed by atoms with van der Waals surface area (Å²) in [5, 5.41) is 4.33. The van der Waals surface area contributed by atoms with Crippen LogP contribution in [0.3, 0.4) is 0 Å². The van der Waals surface area contributed by atoms with Crippen molar-refractivity contribution in [3.8, 4) is 5.82 Å². The molecule has 0 bridgehead atoms. The molecule has 3 heterocycles. The average Bonchev–Trinajstić information content (AvgIpc) is 3.02. The summed E-state index contributed by atoms with van der Waals surface area (Å²) in [6, 6.07) is 6.90. The quantitative estimate of drug-likeness (QED) is 0.746. The molecule has 0 saturated heterocycles. The van der Waals surface area contributed by atoms with Crippen molar-refractivity contribution in [2.45, 2.75) is 25.0 Å². The number of aryl methyl sites for hydroxylation is 3. The number of hydrogen-bond donors (Lipinski definition) is 1. The number of sulfonamides is 1. The average molecular weight is 383 g/mol. The molecule has 1 N–H and O–H groups in total. The van der Waals surface area contributed by atoms with E-state index >= 15 is 0 Å². The van der Waals surface area contributed by atoms with Crippen LogP contribution in [0.5, 0.6) is 0 Å². The van der Waals surface area contributed by atoms with E-state index in [9.17, 15) is 8.42 Å².